The Morgan fingerprint density at radius 1 is 1.25 bits per heavy atom. The molecule has 0 radical (unpaired) electrons. The summed E-state index contributed by atoms with van der Waals surface area (Å²) in [5, 5.41) is 0. The fraction of sp³-hybridized carbons (Fsp3) is 0.556. The lowest BCUT2D eigenvalue weighted by molar-refractivity contribution is -0.156. The maximum atomic E-state index is 12.9. The first-order valence-electron chi connectivity index (χ1n) is 8.32. The largest absolute Gasteiger partial charge is 0.497 e. The summed E-state index contributed by atoms with van der Waals surface area (Å²) in [6.45, 7) is 0.925. The van der Waals surface area contributed by atoms with E-state index in [1.165, 1.54) is 7.11 Å². The minimum Gasteiger partial charge on any atom is -0.497 e. The van der Waals surface area contributed by atoms with Gasteiger partial charge in [0, 0.05) is 12.6 Å². The Labute approximate surface area is 141 Å². The number of rotatable bonds is 3. The fourth-order valence-corrected chi connectivity index (χ4v) is 3.45. The van der Waals surface area contributed by atoms with Crippen LogP contribution in [0.3, 0.4) is 0 Å². The van der Waals surface area contributed by atoms with Gasteiger partial charge in [0.25, 0.3) is 0 Å². The third kappa shape index (κ3) is 3.18. The summed E-state index contributed by atoms with van der Waals surface area (Å²) in [5.74, 6) is 0.884. The molecule has 6 nitrogen and oxygen atoms in total. The second-order valence-electron chi connectivity index (χ2n) is 6.25. The highest BCUT2D eigenvalue weighted by Gasteiger charge is 2.37. The van der Waals surface area contributed by atoms with Crippen molar-refractivity contribution >= 4 is 11.9 Å². The molecule has 0 spiro atoms. The van der Waals surface area contributed by atoms with E-state index in [1.54, 1.807) is 12.0 Å². The Morgan fingerprint density at radius 2 is 2.08 bits per heavy atom. The molecule has 130 valence electrons. The molecule has 6 heteroatoms. The second kappa shape index (κ2) is 7.11. The van der Waals surface area contributed by atoms with Crippen LogP contribution in [0.2, 0.25) is 0 Å². The van der Waals surface area contributed by atoms with Crippen molar-refractivity contribution in [1.29, 1.82) is 0 Å². The van der Waals surface area contributed by atoms with Crippen LogP contribution in [0.5, 0.6) is 11.5 Å². The van der Waals surface area contributed by atoms with Crippen molar-refractivity contribution < 1.29 is 23.8 Å². The number of methoxy groups -OCH3 is 2. The maximum absolute atomic E-state index is 12.9. The Morgan fingerprint density at radius 3 is 2.83 bits per heavy atom. The van der Waals surface area contributed by atoms with Crippen molar-refractivity contribution in [2.24, 2.45) is 5.92 Å². The molecule has 2 heterocycles. The molecule has 1 saturated heterocycles. The number of amides is 1. The zero-order chi connectivity index (χ0) is 17.1. The van der Waals surface area contributed by atoms with E-state index < -0.39 is 6.04 Å². The second-order valence-corrected chi connectivity index (χ2v) is 6.25. The van der Waals surface area contributed by atoms with E-state index in [-0.39, 0.29) is 17.8 Å². The highest BCUT2D eigenvalue weighted by molar-refractivity contribution is 5.86. The number of carbonyl (C=O) groups is 2. The van der Waals surface area contributed by atoms with Crippen LogP contribution in [-0.2, 0) is 20.7 Å². The van der Waals surface area contributed by atoms with E-state index >= 15 is 0 Å². The van der Waals surface area contributed by atoms with Crippen LogP contribution in [0.4, 0.5) is 0 Å². The van der Waals surface area contributed by atoms with Gasteiger partial charge in [-0.2, -0.15) is 0 Å². The first-order chi connectivity index (χ1) is 11.6. The first kappa shape index (κ1) is 16.6. The van der Waals surface area contributed by atoms with E-state index in [1.807, 2.05) is 18.2 Å². The van der Waals surface area contributed by atoms with Crippen molar-refractivity contribution in [3.05, 3.63) is 23.8 Å². The number of hydrogen-bond acceptors (Lipinski definition) is 5. The molecule has 2 aliphatic rings. The number of fused-ring (bicyclic) bond motifs is 1. The topological polar surface area (TPSA) is 65.1 Å². The van der Waals surface area contributed by atoms with Crippen LogP contribution in [0.25, 0.3) is 0 Å². The predicted molar refractivity (Wildman–Crippen MR) is 87.1 cm³/mol. The summed E-state index contributed by atoms with van der Waals surface area (Å²) in [5.41, 5.74) is 0.993. The minimum absolute atomic E-state index is 0.0217. The SMILES string of the molecule is COC(=O)[C@@H]1CCCCN1C(=O)[C@H]1COc2cc(OC)ccc2C1. The minimum atomic E-state index is -0.464. The van der Waals surface area contributed by atoms with Crippen molar-refractivity contribution in [3.8, 4) is 11.5 Å². The number of esters is 1. The normalized spacial score (nSPS) is 23.0. The van der Waals surface area contributed by atoms with Gasteiger partial charge in [0.05, 0.1) is 20.1 Å². The average Bonchev–Trinajstić information content (AvgIpc) is 2.65. The van der Waals surface area contributed by atoms with Gasteiger partial charge in [0.2, 0.25) is 5.91 Å². The van der Waals surface area contributed by atoms with Crippen LogP contribution < -0.4 is 9.47 Å². The van der Waals surface area contributed by atoms with Crippen LogP contribution >= 0.6 is 0 Å². The van der Waals surface area contributed by atoms with Crippen LogP contribution in [0.15, 0.2) is 18.2 Å². The van der Waals surface area contributed by atoms with E-state index in [4.69, 9.17) is 14.2 Å². The third-order valence-electron chi connectivity index (χ3n) is 4.79. The van der Waals surface area contributed by atoms with Crippen LogP contribution in [0.1, 0.15) is 24.8 Å². The number of ether oxygens (including phenoxy) is 3. The number of piperidine rings is 1. The van der Waals surface area contributed by atoms with E-state index in [0.717, 1.165) is 29.9 Å². The Bertz CT molecular complexity index is 630. The fourth-order valence-electron chi connectivity index (χ4n) is 3.45. The molecule has 0 unspecified atom stereocenters. The molecule has 1 fully saturated rings. The lowest BCUT2D eigenvalue weighted by Gasteiger charge is -2.37. The zero-order valence-corrected chi connectivity index (χ0v) is 14.1. The van der Waals surface area contributed by atoms with E-state index in [0.29, 0.717) is 26.0 Å². The highest BCUT2D eigenvalue weighted by Crippen LogP contribution is 2.32. The van der Waals surface area contributed by atoms with Crippen LogP contribution in [-0.4, -0.2) is 50.2 Å². The molecule has 2 aliphatic heterocycles. The van der Waals surface area contributed by atoms with Gasteiger partial charge in [-0.05, 0) is 37.3 Å². The maximum Gasteiger partial charge on any atom is 0.328 e. The molecule has 1 amide bonds. The number of likely N-dealkylation sites (tertiary alicyclic amines) is 1. The van der Waals surface area contributed by atoms with E-state index in [2.05, 4.69) is 0 Å². The summed E-state index contributed by atoms with van der Waals surface area (Å²) in [4.78, 5) is 26.6. The third-order valence-corrected chi connectivity index (χ3v) is 4.79. The molecule has 0 aromatic heterocycles. The summed E-state index contributed by atoms with van der Waals surface area (Å²) >= 11 is 0. The monoisotopic (exact) mass is 333 g/mol. The molecule has 1 aromatic carbocycles. The predicted octanol–water partition coefficient (Wildman–Crippen LogP) is 1.80. The standard InChI is InChI=1S/C18H23NO5/c1-22-14-7-6-12-9-13(11-24-16(12)10-14)17(20)19-8-4-3-5-15(19)18(21)23-2/h6-7,10,13,15H,3-5,8-9,11H2,1-2H3/t13-,15+/m1/s1. The van der Waals surface area contributed by atoms with Gasteiger partial charge >= 0.3 is 5.97 Å². The lowest BCUT2D eigenvalue weighted by Crippen LogP contribution is -2.52. The first-order valence-corrected chi connectivity index (χ1v) is 8.32. The van der Waals surface area contributed by atoms with Crippen molar-refractivity contribution in [1.82, 2.24) is 4.90 Å². The van der Waals surface area contributed by atoms with E-state index in [9.17, 15) is 9.59 Å². The summed E-state index contributed by atoms with van der Waals surface area (Å²) < 4.78 is 15.8. The van der Waals surface area contributed by atoms with Gasteiger partial charge in [-0.1, -0.05) is 6.07 Å². The number of hydrogen-bond donors (Lipinski definition) is 0. The average molecular weight is 333 g/mol. The number of carbonyl (C=O) groups excluding carboxylic acids is 2. The molecular weight excluding hydrogens is 310 g/mol. The molecule has 0 bridgehead atoms. The Hall–Kier alpha value is -2.24. The van der Waals surface area contributed by atoms with Gasteiger partial charge in [-0.15, -0.1) is 0 Å². The summed E-state index contributed by atoms with van der Waals surface area (Å²) in [6, 6.07) is 5.18. The van der Waals surface area contributed by atoms with Gasteiger partial charge in [-0.3, -0.25) is 4.79 Å². The number of nitrogens with zero attached hydrogens (tertiary/aromatic N) is 1. The molecule has 1 aromatic rings. The van der Waals surface area contributed by atoms with Crippen molar-refractivity contribution in [2.45, 2.75) is 31.7 Å². The Balaban J connectivity index is 1.74. The molecule has 0 saturated carbocycles. The lowest BCUT2D eigenvalue weighted by atomic mass is 9.93. The van der Waals surface area contributed by atoms with Crippen molar-refractivity contribution in [3.63, 3.8) is 0 Å². The van der Waals surface area contributed by atoms with Gasteiger partial charge in [0.1, 0.15) is 24.1 Å². The van der Waals surface area contributed by atoms with Crippen LogP contribution in [0, 0.1) is 5.92 Å². The molecule has 24 heavy (non-hydrogen) atoms. The molecule has 2 atom stereocenters. The van der Waals surface area contributed by atoms with Gasteiger partial charge < -0.3 is 19.1 Å². The van der Waals surface area contributed by atoms with Gasteiger partial charge in [-0.25, -0.2) is 4.79 Å². The van der Waals surface area contributed by atoms with Crippen molar-refractivity contribution in [2.75, 3.05) is 27.4 Å². The highest BCUT2D eigenvalue weighted by atomic mass is 16.5. The molecular formula is C18H23NO5. The smallest absolute Gasteiger partial charge is 0.328 e. The zero-order valence-electron chi connectivity index (χ0n) is 14.1. The molecule has 0 N–H and O–H groups in total. The summed E-state index contributed by atoms with van der Waals surface area (Å²) in [7, 11) is 2.98. The number of benzene rings is 1. The van der Waals surface area contributed by atoms with Gasteiger partial charge in [0.15, 0.2) is 0 Å². The molecule has 3 rings (SSSR count). The quantitative estimate of drug-likeness (QED) is 0.789. The summed E-state index contributed by atoms with van der Waals surface area (Å²) in [6.07, 6.45) is 3.14. The Kier molecular flexibility index (Phi) is 4.92. The molecule has 0 aliphatic carbocycles.